The molecule has 0 unspecified atom stereocenters. The molecule has 5 heteroatoms. The van der Waals surface area contributed by atoms with Crippen LogP contribution >= 0.6 is 31.9 Å². The highest BCUT2D eigenvalue weighted by atomic mass is 79.9. The number of benzene rings is 2. The van der Waals surface area contributed by atoms with E-state index in [1.54, 1.807) is 12.1 Å². The van der Waals surface area contributed by atoms with E-state index in [0.717, 1.165) is 15.6 Å². The van der Waals surface area contributed by atoms with Crippen LogP contribution < -0.4 is 0 Å². The highest BCUT2D eigenvalue weighted by molar-refractivity contribution is 9.10. The second kappa shape index (κ2) is 7.01. The van der Waals surface area contributed by atoms with Crippen LogP contribution in [0.5, 0.6) is 0 Å². The lowest BCUT2D eigenvalue weighted by Gasteiger charge is -2.31. The van der Waals surface area contributed by atoms with Crippen molar-refractivity contribution in [1.29, 1.82) is 0 Å². The molecule has 0 aliphatic heterocycles. The first-order chi connectivity index (χ1) is 10.0. The van der Waals surface area contributed by atoms with Crippen molar-refractivity contribution in [2.24, 2.45) is 0 Å². The van der Waals surface area contributed by atoms with Gasteiger partial charge in [0, 0.05) is 9.89 Å². The lowest BCUT2D eigenvalue weighted by Crippen LogP contribution is -2.37. The van der Waals surface area contributed by atoms with Crippen molar-refractivity contribution in [3.63, 3.8) is 0 Å². The predicted octanol–water partition coefficient (Wildman–Crippen LogP) is 3.82. The molecule has 2 aromatic carbocycles. The highest BCUT2D eigenvalue weighted by Gasteiger charge is 2.31. The van der Waals surface area contributed by atoms with Gasteiger partial charge in [-0.2, -0.15) is 0 Å². The fraction of sp³-hybridized carbons (Fsp3) is 0.250. The zero-order valence-corrected chi connectivity index (χ0v) is 14.4. The monoisotopic (exact) mass is 416 g/mol. The van der Waals surface area contributed by atoms with Crippen molar-refractivity contribution in [2.45, 2.75) is 11.8 Å². The van der Waals surface area contributed by atoms with Crippen LogP contribution in [0.2, 0.25) is 0 Å². The van der Waals surface area contributed by atoms with Gasteiger partial charge in [-0.25, -0.2) is 4.39 Å². The number of halogens is 3. The van der Waals surface area contributed by atoms with Crippen LogP contribution in [-0.2, 0) is 11.8 Å². The van der Waals surface area contributed by atoms with Crippen LogP contribution in [0.4, 0.5) is 4.39 Å². The molecule has 2 N–H and O–H groups in total. The summed E-state index contributed by atoms with van der Waals surface area (Å²) in [4.78, 5) is 0. The minimum absolute atomic E-state index is 0.199. The Morgan fingerprint density at radius 3 is 2.29 bits per heavy atom. The molecule has 0 atom stereocenters. The van der Waals surface area contributed by atoms with E-state index >= 15 is 0 Å². The van der Waals surface area contributed by atoms with Crippen molar-refractivity contribution in [2.75, 3.05) is 13.2 Å². The van der Waals surface area contributed by atoms with E-state index in [1.807, 2.05) is 24.3 Å². The first-order valence-electron chi connectivity index (χ1n) is 6.42. The molecule has 0 heterocycles. The maximum absolute atomic E-state index is 13.3. The second-order valence-corrected chi connectivity index (χ2v) is 6.80. The molecule has 0 saturated carbocycles. The van der Waals surface area contributed by atoms with Crippen LogP contribution in [0.15, 0.2) is 51.4 Å². The van der Waals surface area contributed by atoms with Gasteiger partial charge in [-0.1, -0.05) is 34.1 Å². The summed E-state index contributed by atoms with van der Waals surface area (Å²) < 4.78 is 14.6. The molecule has 0 radical (unpaired) electrons. The van der Waals surface area contributed by atoms with Crippen molar-refractivity contribution in [3.05, 3.63) is 68.4 Å². The summed E-state index contributed by atoms with van der Waals surface area (Å²) in [5.41, 5.74) is 0.870. The number of rotatable bonds is 5. The Hall–Kier alpha value is -0.750. The van der Waals surface area contributed by atoms with Crippen LogP contribution in [-0.4, -0.2) is 23.4 Å². The van der Waals surface area contributed by atoms with Gasteiger partial charge in [-0.15, -0.1) is 0 Å². The Morgan fingerprint density at radius 2 is 1.71 bits per heavy atom. The summed E-state index contributed by atoms with van der Waals surface area (Å²) in [5, 5.41) is 19.7. The van der Waals surface area contributed by atoms with Crippen molar-refractivity contribution < 1.29 is 14.6 Å². The molecule has 2 nitrogen and oxygen atoms in total. The first-order valence-corrected chi connectivity index (χ1v) is 8.01. The van der Waals surface area contributed by atoms with Gasteiger partial charge in [0.25, 0.3) is 0 Å². The Labute approximate surface area is 139 Å². The summed E-state index contributed by atoms with van der Waals surface area (Å²) >= 11 is 6.56. The van der Waals surface area contributed by atoms with Crippen molar-refractivity contribution >= 4 is 31.9 Å². The van der Waals surface area contributed by atoms with Gasteiger partial charge in [0.2, 0.25) is 0 Å². The van der Waals surface area contributed by atoms with Crippen molar-refractivity contribution in [1.82, 2.24) is 0 Å². The van der Waals surface area contributed by atoms with E-state index in [0.29, 0.717) is 10.9 Å². The number of hydrogen-bond acceptors (Lipinski definition) is 2. The molecule has 0 fully saturated rings. The smallest absolute Gasteiger partial charge is 0.137 e. The van der Waals surface area contributed by atoms with E-state index in [1.165, 1.54) is 6.07 Å². The van der Waals surface area contributed by atoms with Gasteiger partial charge in [0.05, 0.1) is 17.7 Å². The SMILES string of the molecule is OCC(CO)(Cc1ccc(F)c(Br)c1)c1cccc(Br)c1. The molecule has 2 rings (SSSR count). The summed E-state index contributed by atoms with van der Waals surface area (Å²) in [6.45, 7) is -0.399. The van der Waals surface area contributed by atoms with E-state index in [4.69, 9.17) is 0 Å². The molecule has 0 spiro atoms. The van der Waals surface area contributed by atoms with E-state index in [9.17, 15) is 14.6 Å². The Bertz CT molecular complexity index is 627. The fourth-order valence-corrected chi connectivity index (χ4v) is 3.13. The predicted molar refractivity (Wildman–Crippen MR) is 87.8 cm³/mol. The third kappa shape index (κ3) is 3.72. The molecule has 0 aliphatic rings. The minimum atomic E-state index is -0.805. The third-order valence-electron chi connectivity index (χ3n) is 3.57. The largest absolute Gasteiger partial charge is 0.395 e. The Morgan fingerprint density at radius 1 is 1.00 bits per heavy atom. The quantitative estimate of drug-likeness (QED) is 0.776. The van der Waals surface area contributed by atoms with Gasteiger partial charge in [-0.3, -0.25) is 0 Å². The van der Waals surface area contributed by atoms with Crippen LogP contribution in [0.25, 0.3) is 0 Å². The average molecular weight is 418 g/mol. The van der Waals surface area contributed by atoms with Gasteiger partial charge >= 0.3 is 0 Å². The number of aliphatic hydroxyl groups excluding tert-OH is 2. The molecule has 112 valence electrons. The summed E-state index contributed by atoms with van der Waals surface area (Å²) in [6.07, 6.45) is 0.412. The topological polar surface area (TPSA) is 40.5 Å². The lowest BCUT2D eigenvalue weighted by atomic mass is 9.77. The van der Waals surface area contributed by atoms with E-state index in [-0.39, 0.29) is 19.0 Å². The molecule has 0 aromatic heterocycles. The van der Waals surface area contributed by atoms with E-state index in [2.05, 4.69) is 31.9 Å². The standard InChI is InChI=1S/C16H15Br2FO2/c17-13-3-1-2-12(7-13)16(9-20,10-21)8-11-4-5-15(19)14(18)6-11/h1-7,20-21H,8-10H2. The normalized spacial score (nSPS) is 11.7. The number of aliphatic hydroxyl groups is 2. The summed E-state index contributed by atoms with van der Waals surface area (Å²) in [5.74, 6) is -0.334. The number of hydrogen-bond donors (Lipinski definition) is 2. The summed E-state index contributed by atoms with van der Waals surface area (Å²) in [6, 6.07) is 12.2. The van der Waals surface area contributed by atoms with Crippen molar-refractivity contribution in [3.8, 4) is 0 Å². The molecule has 0 aliphatic carbocycles. The van der Waals surface area contributed by atoms with Gasteiger partial charge in [0.1, 0.15) is 5.82 Å². The molecule has 2 aromatic rings. The van der Waals surface area contributed by atoms with Crippen LogP contribution in [0, 0.1) is 5.82 Å². The lowest BCUT2D eigenvalue weighted by molar-refractivity contribution is 0.116. The van der Waals surface area contributed by atoms with Gasteiger partial charge in [-0.05, 0) is 57.7 Å². The average Bonchev–Trinajstić information content (AvgIpc) is 2.48. The molecule has 0 amide bonds. The minimum Gasteiger partial charge on any atom is -0.395 e. The maximum atomic E-state index is 13.3. The first kappa shape index (κ1) is 16.6. The zero-order chi connectivity index (χ0) is 15.5. The highest BCUT2D eigenvalue weighted by Crippen LogP contribution is 2.31. The van der Waals surface area contributed by atoms with Crippen LogP contribution in [0.1, 0.15) is 11.1 Å². The Balaban J connectivity index is 2.40. The van der Waals surface area contributed by atoms with E-state index < -0.39 is 5.41 Å². The van der Waals surface area contributed by atoms with Gasteiger partial charge < -0.3 is 10.2 Å². The van der Waals surface area contributed by atoms with Gasteiger partial charge in [0.15, 0.2) is 0 Å². The molecule has 0 saturated heterocycles. The zero-order valence-electron chi connectivity index (χ0n) is 11.2. The maximum Gasteiger partial charge on any atom is 0.137 e. The third-order valence-corrected chi connectivity index (χ3v) is 4.67. The fourth-order valence-electron chi connectivity index (χ4n) is 2.31. The molecule has 21 heavy (non-hydrogen) atoms. The Kier molecular flexibility index (Phi) is 5.54. The molecular formula is C16H15Br2FO2. The summed E-state index contributed by atoms with van der Waals surface area (Å²) in [7, 11) is 0. The molecule has 0 bridgehead atoms. The van der Waals surface area contributed by atoms with Crippen LogP contribution in [0.3, 0.4) is 0 Å². The molecular weight excluding hydrogens is 403 g/mol. The second-order valence-electron chi connectivity index (χ2n) is 5.03.